The van der Waals surface area contributed by atoms with E-state index in [0.29, 0.717) is 28.9 Å². The van der Waals surface area contributed by atoms with Crippen LogP contribution in [0.2, 0.25) is 0 Å². The molecule has 2 atom stereocenters. The van der Waals surface area contributed by atoms with Crippen LogP contribution < -0.4 is 5.32 Å². The van der Waals surface area contributed by atoms with Crippen molar-refractivity contribution in [2.24, 2.45) is 22.2 Å². The molecule has 4 nitrogen and oxygen atoms in total. The van der Waals surface area contributed by atoms with Gasteiger partial charge >= 0.3 is 5.97 Å². The van der Waals surface area contributed by atoms with Gasteiger partial charge in [-0.25, -0.2) is 4.79 Å². The Morgan fingerprint density at radius 2 is 1.76 bits per heavy atom. The van der Waals surface area contributed by atoms with Crippen molar-refractivity contribution in [3.63, 3.8) is 0 Å². The van der Waals surface area contributed by atoms with Crippen LogP contribution in [0.4, 0.5) is 5.00 Å². The minimum Gasteiger partial charge on any atom is -0.462 e. The van der Waals surface area contributed by atoms with Gasteiger partial charge in [0.25, 0.3) is 0 Å². The van der Waals surface area contributed by atoms with Crippen molar-refractivity contribution in [3.05, 3.63) is 16.0 Å². The number of nitrogens with one attached hydrogen (secondary N) is 1. The van der Waals surface area contributed by atoms with E-state index >= 15 is 0 Å². The van der Waals surface area contributed by atoms with Crippen LogP contribution in [0.5, 0.6) is 0 Å². The van der Waals surface area contributed by atoms with Crippen LogP contribution in [-0.2, 0) is 22.4 Å². The van der Waals surface area contributed by atoms with E-state index in [9.17, 15) is 9.59 Å². The van der Waals surface area contributed by atoms with Gasteiger partial charge in [-0.3, -0.25) is 4.79 Å². The zero-order valence-electron chi connectivity index (χ0n) is 18.0. The van der Waals surface area contributed by atoms with E-state index < -0.39 is 0 Å². The molecule has 5 aliphatic carbocycles. The molecule has 1 aromatic rings. The van der Waals surface area contributed by atoms with E-state index in [2.05, 4.69) is 19.2 Å². The fraction of sp³-hybridized carbons (Fsp3) is 0.750. The summed E-state index contributed by atoms with van der Waals surface area (Å²) in [5.41, 5.74) is 2.09. The average molecular weight is 416 g/mol. The zero-order valence-corrected chi connectivity index (χ0v) is 18.8. The summed E-state index contributed by atoms with van der Waals surface area (Å²) >= 11 is 1.61. The SMILES string of the molecule is CCOC(=O)c1c(NC(=O)C23CC4C[C@@](C)(C2)C[C@@](C)(C4)C3)sc2c1CCCC2. The molecule has 5 aliphatic rings. The van der Waals surface area contributed by atoms with Gasteiger partial charge in [0.15, 0.2) is 0 Å². The first kappa shape index (κ1) is 19.6. The fourth-order valence-electron chi connectivity index (χ4n) is 8.01. The molecule has 1 N–H and O–H groups in total. The third kappa shape index (κ3) is 3.15. The van der Waals surface area contributed by atoms with Gasteiger partial charge in [0.2, 0.25) is 5.91 Å². The van der Waals surface area contributed by atoms with Gasteiger partial charge in [0, 0.05) is 4.88 Å². The zero-order chi connectivity index (χ0) is 20.4. The predicted molar refractivity (Wildman–Crippen MR) is 115 cm³/mol. The lowest BCUT2D eigenvalue weighted by Gasteiger charge is -2.64. The van der Waals surface area contributed by atoms with Gasteiger partial charge in [0.1, 0.15) is 5.00 Å². The van der Waals surface area contributed by atoms with Gasteiger partial charge < -0.3 is 10.1 Å². The van der Waals surface area contributed by atoms with Crippen molar-refractivity contribution in [2.75, 3.05) is 11.9 Å². The highest BCUT2D eigenvalue weighted by molar-refractivity contribution is 7.17. The van der Waals surface area contributed by atoms with Gasteiger partial charge in [-0.15, -0.1) is 11.3 Å². The average Bonchev–Trinajstić information content (AvgIpc) is 2.96. The molecule has 0 aromatic carbocycles. The molecular formula is C24H33NO3S. The highest BCUT2D eigenvalue weighted by Gasteiger charge is 2.62. The third-order valence-corrected chi connectivity index (χ3v) is 9.19. The summed E-state index contributed by atoms with van der Waals surface area (Å²) in [5.74, 6) is 0.558. The highest BCUT2D eigenvalue weighted by atomic mass is 32.1. The maximum atomic E-state index is 13.7. The number of hydrogen-bond acceptors (Lipinski definition) is 4. The molecular weight excluding hydrogens is 382 g/mol. The number of fused-ring (bicyclic) bond motifs is 1. The van der Waals surface area contributed by atoms with Crippen LogP contribution in [0, 0.1) is 22.2 Å². The van der Waals surface area contributed by atoms with Crippen LogP contribution in [0.3, 0.4) is 0 Å². The lowest BCUT2D eigenvalue weighted by atomic mass is 9.40. The van der Waals surface area contributed by atoms with Crippen molar-refractivity contribution in [3.8, 4) is 0 Å². The lowest BCUT2D eigenvalue weighted by molar-refractivity contribution is -0.165. The van der Waals surface area contributed by atoms with Crippen molar-refractivity contribution >= 4 is 28.2 Å². The van der Waals surface area contributed by atoms with Crippen molar-refractivity contribution in [1.82, 2.24) is 0 Å². The maximum Gasteiger partial charge on any atom is 0.341 e. The van der Waals surface area contributed by atoms with Gasteiger partial charge in [-0.2, -0.15) is 0 Å². The van der Waals surface area contributed by atoms with E-state index in [1.165, 1.54) is 24.1 Å². The molecule has 5 heteroatoms. The molecule has 4 bridgehead atoms. The van der Waals surface area contributed by atoms with E-state index in [0.717, 1.165) is 55.5 Å². The minimum absolute atomic E-state index is 0.156. The largest absolute Gasteiger partial charge is 0.462 e. The number of ether oxygens (including phenoxy) is 1. The predicted octanol–water partition coefficient (Wildman–Crippen LogP) is 5.74. The van der Waals surface area contributed by atoms with E-state index in [1.54, 1.807) is 11.3 Å². The minimum atomic E-state index is -0.272. The maximum absolute atomic E-state index is 13.7. The number of thiophene rings is 1. The van der Waals surface area contributed by atoms with Crippen LogP contribution >= 0.6 is 11.3 Å². The summed E-state index contributed by atoms with van der Waals surface area (Å²) in [6.07, 6.45) is 11.0. The number of aryl methyl sites for hydroxylation is 1. The molecule has 0 saturated heterocycles. The second-order valence-electron chi connectivity index (χ2n) is 11.0. The summed E-state index contributed by atoms with van der Waals surface area (Å²) in [4.78, 5) is 27.8. The van der Waals surface area contributed by atoms with Gasteiger partial charge in [0.05, 0.1) is 17.6 Å². The number of anilines is 1. The van der Waals surface area contributed by atoms with E-state index in [-0.39, 0.29) is 17.3 Å². The Labute approximate surface area is 177 Å². The molecule has 4 saturated carbocycles. The summed E-state index contributed by atoms with van der Waals surface area (Å²) in [7, 11) is 0. The molecule has 0 spiro atoms. The summed E-state index contributed by atoms with van der Waals surface area (Å²) < 4.78 is 5.37. The topological polar surface area (TPSA) is 55.4 Å². The molecule has 1 heterocycles. The number of esters is 1. The molecule has 0 aliphatic heterocycles. The number of carbonyl (C=O) groups is 2. The quantitative estimate of drug-likeness (QED) is 0.638. The Morgan fingerprint density at radius 1 is 1.07 bits per heavy atom. The van der Waals surface area contributed by atoms with Crippen molar-refractivity contribution in [2.45, 2.75) is 85.0 Å². The molecule has 0 unspecified atom stereocenters. The Hall–Kier alpha value is -1.36. The van der Waals surface area contributed by atoms with E-state index in [4.69, 9.17) is 4.74 Å². The molecule has 4 fully saturated rings. The Morgan fingerprint density at radius 3 is 2.41 bits per heavy atom. The molecule has 1 amide bonds. The summed E-state index contributed by atoms with van der Waals surface area (Å²) in [6, 6.07) is 0. The van der Waals surface area contributed by atoms with Crippen LogP contribution in [0.15, 0.2) is 0 Å². The molecule has 0 radical (unpaired) electrons. The summed E-state index contributed by atoms with van der Waals surface area (Å²) in [6.45, 7) is 6.99. The lowest BCUT2D eigenvalue weighted by Crippen LogP contribution is -2.58. The first-order valence-corrected chi connectivity index (χ1v) is 12.2. The Bertz CT molecular complexity index is 854. The molecule has 6 rings (SSSR count). The number of carbonyl (C=O) groups excluding carboxylic acids is 2. The number of amides is 1. The highest BCUT2D eigenvalue weighted by Crippen LogP contribution is 2.69. The van der Waals surface area contributed by atoms with Gasteiger partial charge in [-0.05, 0) is 93.4 Å². The molecule has 1 aromatic heterocycles. The molecule has 158 valence electrons. The summed E-state index contributed by atoms with van der Waals surface area (Å²) in [5, 5.41) is 4.02. The standard InChI is InChI=1S/C24H33NO3S/c1-4-28-20(26)18-16-7-5-6-8-17(16)29-19(18)25-21(27)24-11-15-9-22(2,13-24)12-23(3,10-15)14-24/h15H,4-14H2,1-3H3,(H,25,27)/t15?,22-,23-,24?/m1/s1. The fourth-order valence-corrected chi connectivity index (χ4v) is 9.28. The smallest absolute Gasteiger partial charge is 0.341 e. The number of rotatable bonds is 4. The van der Waals surface area contributed by atoms with Crippen molar-refractivity contribution in [1.29, 1.82) is 0 Å². The normalized spacial score (nSPS) is 37.3. The van der Waals surface area contributed by atoms with Crippen LogP contribution in [-0.4, -0.2) is 18.5 Å². The van der Waals surface area contributed by atoms with Crippen LogP contribution in [0.25, 0.3) is 0 Å². The Balaban J connectivity index is 1.47. The first-order chi connectivity index (χ1) is 13.7. The van der Waals surface area contributed by atoms with Crippen LogP contribution in [0.1, 0.15) is 92.9 Å². The second-order valence-corrected chi connectivity index (χ2v) is 12.1. The first-order valence-electron chi connectivity index (χ1n) is 11.4. The second kappa shape index (κ2) is 6.57. The van der Waals surface area contributed by atoms with E-state index in [1.807, 2.05) is 6.92 Å². The van der Waals surface area contributed by atoms with Crippen molar-refractivity contribution < 1.29 is 14.3 Å². The molecule has 29 heavy (non-hydrogen) atoms. The monoisotopic (exact) mass is 415 g/mol. The number of hydrogen-bond donors (Lipinski definition) is 1. The van der Waals surface area contributed by atoms with Gasteiger partial charge in [-0.1, -0.05) is 13.8 Å². The Kier molecular flexibility index (Phi) is 4.44. The third-order valence-electron chi connectivity index (χ3n) is 7.99.